The zero-order valence-electron chi connectivity index (χ0n) is 20.1. The number of rotatable bonds is 8. The summed E-state index contributed by atoms with van der Waals surface area (Å²) in [6.07, 6.45) is 10.6. The SMILES string of the molecule is Fc1c(Cl)ccc(-n2cc(Cl)nn2)c1-c1ccc([C@H](Cn2cccn2)n2cc(-c3cnnn3C(F)F)cn2)nc1. The third-order valence-corrected chi connectivity index (χ3v) is 6.56. The maximum atomic E-state index is 15.3. The molecule has 5 heterocycles. The standard InChI is InChI=1S/C24H16Cl2F3N11/c25-16-3-5-18(39-13-21(26)34-36-39)22(23(16)27)14-2-4-17(30-8-14)20(12-37-7-1-6-32-37)38-11-15(9-33-38)19-10-31-35-40(19)24(28)29/h1-11,13,20,24H,12H2/t20-/m0/s1. The van der Waals surface area contributed by atoms with E-state index in [4.69, 9.17) is 23.2 Å². The van der Waals surface area contributed by atoms with E-state index in [-0.39, 0.29) is 21.4 Å². The Morgan fingerprint density at radius 1 is 0.925 bits per heavy atom. The second kappa shape index (κ2) is 10.5. The van der Waals surface area contributed by atoms with Crippen LogP contribution in [0.5, 0.6) is 0 Å². The van der Waals surface area contributed by atoms with Gasteiger partial charge in [-0.25, -0.2) is 9.07 Å². The summed E-state index contributed by atoms with van der Waals surface area (Å²) in [7, 11) is 0. The summed E-state index contributed by atoms with van der Waals surface area (Å²) < 4.78 is 47.1. The van der Waals surface area contributed by atoms with Crippen molar-refractivity contribution in [2.24, 2.45) is 0 Å². The molecule has 16 heteroatoms. The van der Waals surface area contributed by atoms with Crippen LogP contribution in [0.4, 0.5) is 13.2 Å². The van der Waals surface area contributed by atoms with Crippen LogP contribution in [-0.4, -0.2) is 54.5 Å². The van der Waals surface area contributed by atoms with Crippen molar-refractivity contribution in [3.05, 3.63) is 95.4 Å². The molecule has 0 aliphatic rings. The number of aromatic nitrogens is 11. The fourth-order valence-corrected chi connectivity index (χ4v) is 4.53. The lowest BCUT2D eigenvalue weighted by atomic mass is 10.0. The molecule has 0 saturated carbocycles. The smallest absolute Gasteiger partial charge is 0.270 e. The summed E-state index contributed by atoms with van der Waals surface area (Å²) in [6, 6.07) is 7.69. The van der Waals surface area contributed by atoms with E-state index in [0.29, 0.717) is 33.7 Å². The van der Waals surface area contributed by atoms with E-state index in [0.717, 1.165) is 0 Å². The maximum Gasteiger partial charge on any atom is 0.335 e. The number of halogens is 5. The molecule has 5 aromatic heterocycles. The van der Waals surface area contributed by atoms with Crippen LogP contribution in [0.3, 0.4) is 0 Å². The first kappa shape index (κ1) is 25.7. The summed E-state index contributed by atoms with van der Waals surface area (Å²) in [5.41, 5.74) is 2.01. The highest BCUT2D eigenvalue weighted by atomic mass is 35.5. The molecule has 0 radical (unpaired) electrons. The van der Waals surface area contributed by atoms with Gasteiger partial charge in [-0.3, -0.25) is 14.3 Å². The second-order valence-corrected chi connectivity index (χ2v) is 9.30. The minimum atomic E-state index is -2.86. The average Bonchev–Trinajstić information content (AvgIpc) is 3.76. The Bertz CT molecular complexity index is 1760. The second-order valence-electron chi connectivity index (χ2n) is 8.51. The minimum Gasteiger partial charge on any atom is -0.270 e. The fraction of sp³-hybridized carbons (Fsp3) is 0.125. The number of pyridine rings is 1. The van der Waals surface area contributed by atoms with E-state index in [1.807, 2.05) is 0 Å². The van der Waals surface area contributed by atoms with Gasteiger partial charge in [-0.2, -0.15) is 23.7 Å². The van der Waals surface area contributed by atoms with Crippen molar-refractivity contribution in [3.8, 4) is 28.1 Å². The van der Waals surface area contributed by atoms with Gasteiger partial charge in [-0.1, -0.05) is 39.7 Å². The molecule has 1 atom stereocenters. The van der Waals surface area contributed by atoms with Gasteiger partial charge in [0, 0.05) is 41.5 Å². The van der Waals surface area contributed by atoms with Crippen molar-refractivity contribution in [1.29, 1.82) is 0 Å². The van der Waals surface area contributed by atoms with Gasteiger partial charge in [0.25, 0.3) is 0 Å². The molecule has 0 fully saturated rings. The highest BCUT2D eigenvalue weighted by molar-refractivity contribution is 6.31. The van der Waals surface area contributed by atoms with E-state index in [1.165, 1.54) is 35.5 Å². The molecule has 6 rings (SSSR count). The molecule has 0 spiro atoms. The molecule has 40 heavy (non-hydrogen) atoms. The lowest BCUT2D eigenvalue weighted by molar-refractivity contribution is 0.0565. The van der Waals surface area contributed by atoms with Crippen LogP contribution in [0.2, 0.25) is 10.2 Å². The number of alkyl halides is 2. The third-order valence-electron chi connectivity index (χ3n) is 6.10. The van der Waals surface area contributed by atoms with Crippen LogP contribution in [0.15, 0.2) is 73.7 Å². The molecule has 0 aliphatic carbocycles. The normalized spacial score (nSPS) is 12.3. The number of hydrogen-bond acceptors (Lipinski definition) is 7. The molecule has 0 unspecified atom stereocenters. The van der Waals surface area contributed by atoms with Crippen LogP contribution in [-0.2, 0) is 6.54 Å². The molecule has 0 saturated heterocycles. The van der Waals surface area contributed by atoms with Gasteiger partial charge < -0.3 is 0 Å². The quantitative estimate of drug-likeness (QED) is 0.244. The number of nitrogens with zero attached hydrogens (tertiary/aromatic N) is 11. The van der Waals surface area contributed by atoms with Crippen LogP contribution < -0.4 is 0 Å². The zero-order valence-corrected chi connectivity index (χ0v) is 21.6. The van der Waals surface area contributed by atoms with Gasteiger partial charge in [0.05, 0.1) is 47.2 Å². The van der Waals surface area contributed by atoms with Crippen molar-refractivity contribution in [2.45, 2.75) is 19.1 Å². The van der Waals surface area contributed by atoms with Crippen molar-refractivity contribution in [3.63, 3.8) is 0 Å². The Kier molecular flexibility index (Phi) is 6.77. The molecule has 0 bridgehead atoms. The Balaban J connectivity index is 1.39. The maximum absolute atomic E-state index is 15.3. The topological polar surface area (TPSA) is 110 Å². The molecule has 11 nitrogen and oxygen atoms in total. The summed E-state index contributed by atoms with van der Waals surface area (Å²) in [5.74, 6) is -0.658. The first-order valence-corrected chi connectivity index (χ1v) is 12.4. The lowest BCUT2D eigenvalue weighted by Gasteiger charge is -2.18. The van der Waals surface area contributed by atoms with E-state index in [9.17, 15) is 8.78 Å². The van der Waals surface area contributed by atoms with Crippen molar-refractivity contribution < 1.29 is 13.2 Å². The largest absolute Gasteiger partial charge is 0.335 e. The van der Waals surface area contributed by atoms with Crippen LogP contribution >= 0.6 is 23.2 Å². The van der Waals surface area contributed by atoms with E-state index >= 15 is 4.39 Å². The van der Waals surface area contributed by atoms with Crippen LogP contribution in [0.25, 0.3) is 28.1 Å². The highest BCUT2D eigenvalue weighted by Gasteiger charge is 2.23. The van der Waals surface area contributed by atoms with E-state index < -0.39 is 18.4 Å². The van der Waals surface area contributed by atoms with Gasteiger partial charge in [-0.05, 0) is 24.3 Å². The molecular weight excluding hydrogens is 570 g/mol. The van der Waals surface area contributed by atoms with Crippen molar-refractivity contribution in [1.82, 2.24) is 54.5 Å². The molecule has 1 aromatic carbocycles. The first-order valence-electron chi connectivity index (χ1n) is 11.6. The van der Waals surface area contributed by atoms with Gasteiger partial charge in [-0.15, -0.1) is 10.2 Å². The summed E-state index contributed by atoms with van der Waals surface area (Å²) in [5, 5.41) is 23.5. The molecule has 6 aromatic rings. The molecule has 0 amide bonds. The van der Waals surface area contributed by atoms with Gasteiger partial charge in [0.15, 0.2) is 11.0 Å². The number of benzene rings is 1. The summed E-state index contributed by atoms with van der Waals surface area (Å²) >= 11 is 12.0. The average molecular weight is 586 g/mol. The van der Waals surface area contributed by atoms with E-state index in [1.54, 1.807) is 52.2 Å². The van der Waals surface area contributed by atoms with Gasteiger partial charge >= 0.3 is 6.55 Å². The minimum absolute atomic E-state index is 0.0767. The molecule has 0 aliphatic heterocycles. The predicted octanol–water partition coefficient (Wildman–Crippen LogP) is 5.11. The number of hydrogen-bond donors (Lipinski definition) is 0. The highest BCUT2D eigenvalue weighted by Crippen LogP contribution is 2.34. The Morgan fingerprint density at radius 2 is 1.80 bits per heavy atom. The van der Waals surface area contributed by atoms with Crippen molar-refractivity contribution in [2.75, 3.05) is 0 Å². The van der Waals surface area contributed by atoms with E-state index in [2.05, 4.69) is 35.8 Å². The van der Waals surface area contributed by atoms with Gasteiger partial charge in [0.1, 0.15) is 6.04 Å². The fourth-order valence-electron chi connectivity index (χ4n) is 4.25. The summed E-state index contributed by atoms with van der Waals surface area (Å²) in [4.78, 5) is 4.61. The van der Waals surface area contributed by atoms with Gasteiger partial charge in [0.2, 0.25) is 0 Å². The Morgan fingerprint density at radius 3 is 2.50 bits per heavy atom. The molecule has 0 N–H and O–H groups in total. The Hall–Kier alpha value is -4.56. The van der Waals surface area contributed by atoms with Crippen molar-refractivity contribution >= 4 is 23.2 Å². The first-order chi connectivity index (χ1) is 19.4. The third kappa shape index (κ3) is 4.82. The Labute approximate surface area is 233 Å². The van der Waals surface area contributed by atoms with Crippen LogP contribution in [0.1, 0.15) is 18.3 Å². The monoisotopic (exact) mass is 585 g/mol. The lowest BCUT2D eigenvalue weighted by Crippen LogP contribution is -2.19. The predicted molar refractivity (Wildman–Crippen MR) is 137 cm³/mol. The summed E-state index contributed by atoms with van der Waals surface area (Å²) in [6.45, 7) is -2.54. The molecular formula is C24H16Cl2F3N11. The van der Waals surface area contributed by atoms with Crippen LogP contribution in [0, 0.1) is 5.82 Å². The zero-order chi connectivity index (χ0) is 27.8. The molecule has 202 valence electrons.